The molecule has 2 aromatic rings. The molecule has 1 heterocycles. The molecule has 0 unspecified atom stereocenters. The number of piperidine rings is 1. The van der Waals surface area contributed by atoms with Gasteiger partial charge in [0.05, 0.1) is 11.6 Å². The van der Waals surface area contributed by atoms with E-state index in [-0.39, 0.29) is 0 Å². The second-order valence-electron chi connectivity index (χ2n) is 5.86. The molecule has 0 saturated carbocycles. The van der Waals surface area contributed by atoms with Crippen molar-refractivity contribution >= 4 is 16.5 Å². The van der Waals surface area contributed by atoms with Gasteiger partial charge in [0.1, 0.15) is 0 Å². The summed E-state index contributed by atoms with van der Waals surface area (Å²) in [5, 5.41) is 14.9. The Morgan fingerprint density at radius 2 is 1.86 bits per heavy atom. The Balaban J connectivity index is 1.91. The van der Waals surface area contributed by atoms with E-state index in [4.69, 9.17) is 0 Å². The van der Waals surface area contributed by atoms with Crippen LogP contribution in [0.25, 0.3) is 10.8 Å². The van der Waals surface area contributed by atoms with Gasteiger partial charge in [-0.05, 0) is 44.0 Å². The number of nitrogens with one attached hydrogen (secondary N) is 1. The molecule has 108 valence electrons. The van der Waals surface area contributed by atoms with Crippen LogP contribution in [0.15, 0.2) is 36.4 Å². The highest BCUT2D eigenvalue weighted by molar-refractivity contribution is 5.97. The van der Waals surface area contributed by atoms with Gasteiger partial charge < -0.3 is 10.2 Å². The number of nitriles is 1. The van der Waals surface area contributed by atoms with Crippen LogP contribution in [0.2, 0.25) is 0 Å². The van der Waals surface area contributed by atoms with E-state index in [0.29, 0.717) is 0 Å². The van der Waals surface area contributed by atoms with Crippen molar-refractivity contribution in [1.29, 1.82) is 5.26 Å². The van der Waals surface area contributed by atoms with Gasteiger partial charge in [-0.25, -0.2) is 0 Å². The van der Waals surface area contributed by atoms with Crippen molar-refractivity contribution in [2.75, 3.05) is 31.6 Å². The first kappa shape index (κ1) is 13.9. The summed E-state index contributed by atoms with van der Waals surface area (Å²) in [6, 6.07) is 14.5. The minimum absolute atomic E-state index is 0.754. The highest BCUT2D eigenvalue weighted by Crippen LogP contribution is 2.29. The summed E-state index contributed by atoms with van der Waals surface area (Å²) in [5.41, 5.74) is 1.98. The summed E-state index contributed by atoms with van der Waals surface area (Å²) >= 11 is 0. The van der Waals surface area contributed by atoms with Gasteiger partial charge in [-0.3, -0.25) is 0 Å². The van der Waals surface area contributed by atoms with Gasteiger partial charge in [0.25, 0.3) is 0 Å². The molecule has 1 fully saturated rings. The fourth-order valence-corrected chi connectivity index (χ4v) is 3.26. The molecule has 21 heavy (non-hydrogen) atoms. The highest BCUT2D eigenvalue weighted by atomic mass is 15.1. The van der Waals surface area contributed by atoms with Crippen LogP contribution in [-0.2, 0) is 0 Å². The number of nitrogens with zero attached hydrogens (tertiary/aromatic N) is 2. The molecule has 0 radical (unpaired) electrons. The summed E-state index contributed by atoms with van der Waals surface area (Å²) < 4.78 is 0. The zero-order valence-electron chi connectivity index (χ0n) is 12.5. The van der Waals surface area contributed by atoms with Crippen molar-refractivity contribution in [3.8, 4) is 6.07 Å². The standard InChI is InChI=1S/C18H21N3/c1-21(13-14-8-10-20-11-9-14)18-7-6-15(12-19)16-4-2-3-5-17(16)18/h2-7,14,20H,8-11,13H2,1H3. The summed E-state index contributed by atoms with van der Waals surface area (Å²) in [6.45, 7) is 3.34. The quantitative estimate of drug-likeness (QED) is 0.938. The maximum Gasteiger partial charge on any atom is 0.0998 e. The van der Waals surface area contributed by atoms with Gasteiger partial charge in [0.15, 0.2) is 0 Å². The first-order chi connectivity index (χ1) is 10.3. The largest absolute Gasteiger partial charge is 0.374 e. The van der Waals surface area contributed by atoms with Crippen molar-refractivity contribution in [2.45, 2.75) is 12.8 Å². The van der Waals surface area contributed by atoms with Crippen molar-refractivity contribution in [2.24, 2.45) is 5.92 Å². The second-order valence-corrected chi connectivity index (χ2v) is 5.86. The topological polar surface area (TPSA) is 39.1 Å². The average Bonchev–Trinajstić information content (AvgIpc) is 2.54. The third-order valence-electron chi connectivity index (χ3n) is 4.42. The molecule has 0 aromatic heterocycles. The van der Waals surface area contributed by atoms with Gasteiger partial charge in [-0.2, -0.15) is 5.26 Å². The number of anilines is 1. The summed E-state index contributed by atoms with van der Waals surface area (Å²) in [7, 11) is 2.16. The van der Waals surface area contributed by atoms with E-state index in [0.717, 1.165) is 36.5 Å². The van der Waals surface area contributed by atoms with E-state index in [1.807, 2.05) is 24.3 Å². The van der Waals surface area contributed by atoms with Gasteiger partial charge in [-0.15, -0.1) is 0 Å². The molecular weight excluding hydrogens is 258 g/mol. The van der Waals surface area contributed by atoms with E-state index in [1.54, 1.807) is 0 Å². The predicted octanol–water partition coefficient (Wildman–Crippen LogP) is 3.15. The normalized spacial score (nSPS) is 15.8. The molecule has 0 atom stereocenters. The Kier molecular flexibility index (Phi) is 4.08. The summed E-state index contributed by atoms with van der Waals surface area (Å²) in [4.78, 5) is 2.35. The Labute approximate surface area is 126 Å². The molecule has 2 aromatic carbocycles. The van der Waals surface area contributed by atoms with Crippen LogP contribution in [0.1, 0.15) is 18.4 Å². The Morgan fingerprint density at radius 3 is 2.57 bits per heavy atom. The molecule has 3 rings (SSSR count). The molecule has 0 spiro atoms. The van der Waals surface area contributed by atoms with Crippen LogP contribution in [0.3, 0.4) is 0 Å². The number of hydrogen-bond acceptors (Lipinski definition) is 3. The number of benzene rings is 2. The highest BCUT2D eigenvalue weighted by Gasteiger charge is 2.16. The van der Waals surface area contributed by atoms with E-state index < -0.39 is 0 Å². The fraction of sp³-hybridized carbons (Fsp3) is 0.389. The SMILES string of the molecule is CN(CC1CCNCC1)c1ccc(C#N)c2ccccc12. The van der Waals surface area contributed by atoms with Crippen molar-refractivity contribution in [1.82, 2.24) is 5.32 Å². The molecule has 0 amide bonds. The van der Waals surface area contributed by atoms with E-state index in [1.165, 1.54) is 23.9 Å². The number of hydrogen-bond donors (Lipinski definition) is 1. The van der Waals surface area contributed by atoms with Gasteiger partial charge in [0, 0.05) is 30.1 Å². The molecule has 3 nitrogen and oxygen atoms in total. The lowest BCUT2D eigenvalue weighted by Gasteiger charge is -2.29. The molecular formula is C18H21N3. The van der Waals surface area contributed by atoms with Gasteiger partial charge in [-0.1, -0.05) is 24.3 Å². The Bertz CT molecular complexity index is 666. The van der Waals surface area contributed by atoms with Crippen molar-refractivity contribution in [3.05, 3.63) is 42.0 Å². The Morgan fingerprint density at radius 1 is 1.14 bits per heavy atom. The third kappa shape index (κ3) is 2.86. The zero-order chi connectivity index (χ0) is 14.7. The first-order valence-electron chi connectivity index (χ1n) is 7.63. The predicted molar refractivity (Wildman–Crippen MR) is 87.5 cm³/mol. The van der Waals surface area contributed by atoms with Crippen molar-refractivity contribution in [3.63, 3.8) is 0 Å². The molecule has 1 aliphatic heterocycles. The zero-order valence-corrected chi connectivity index (χ0v) is 12.5. The van der Waals surface area contributed by atoms with Crippen LogP contribution in [0, 0.1) is 17.2 Å². The van der Waals surface area contributed by atoms with E-state index >= 15 is 0 Å². The second kappa shape index (κ2) is 6.15. The van der Waals surface area contributed by atoms with Crippen LogP contribution in [0.5, 0.6) is 0 Å². The lowest BCUT2D eigenvalue weighted by molar-refractivity contribution is 0.378. The van der Waals surface area contributed by atoms with Crippen LogP contribution >= 0.6 is 0 Å². The maximum absolute atomic E-state index is 9.26. The van der Waals surface area contributed by atoms with E-state index in [9.17, 15) is 5.26 Å². The minimum atomic E-state index is 0.754. The van der Waals surface area contributed by atoms with Crippen LogP contribution in [-0.4, -0.2) is 26.7 Å². The fourth-order valence-electron chi connectivity index (χ4n) is 3.26. The van der Waals surface area contributed by atoms with Crippen molar-refractivity contribution < 1.29 is 0 Å². The monoisotopic (exact) mass is 279 g/mol. The van der Waals surface area contributed by atoms with E-state index in [2.05, 4.69) is 35.5 Å². The average molecular weight is 279 g/mol. The Hall–Kier alpha value is -2.05. The lowest BCUT2D eigenvalue weighted by Crippen LogP contribution is -2.34. The lowest BCUT2D eigenvalue weighted by atomic mass is 9.96. The number of fused-ring (bicyclic) bond motifs is 1. The maximum atomic E-state index is 9.26. The third-order valence-corrected chi connectivity index (χ3v) is 4.42. The summed E-state index contributed by atoms with van der Waals surface area (Å²) in [5.74, 6) is 0.755. The minimum Gasteiger partial charge on any atom is -0.374 e. The molecule has 3 heteroatoms. The molecule has 1 N–H and O–H groups in total. The van der Waals surface area contributed by atoms with Crippen LogP contribution in [0.4, 0.5) is 5.69 Å². The summed E-state index contributed by atoms with van der Waals surface area (Å²) in [6.07, 6.45) is 2.50. The molecule has 1 aliphatic rings. The van der Waals surface area contributed by atoms with Gasteiger partial charge >= 0.3 is 0 Å². The smallest absolute Gasteiger partial charge is 0.0998 e. The number of rotatable bonds is 3. The molecule has 0 bridgehead atoms. The van der Waals surface area contributed by atoms with Crippen LogP contribution < -0.4 is 10.2 Å². The first-order valence-corrected chi connectivity index (χ1v) is 7.63. The molecule has 0 aliphatic carbocycles. The molecule has 1 saturated heterocycles. The van der Waals surface area contributed by atoms with Gasteiger partial charge in [0.2, 0.25) is 0 Å².